The van der Waals surface area contributed by atoms with Crippen molar-refractivity contribution in [2.75, 3.05) is 17.6 Å². The largest absolute Gasteiger partial charge is 0.478 e. The first kappa shape index (κ1) is 13.9. The van der Waals surface area contributed by atoms with E-state index in [0.717, 1.165) is 17.2 Å². The Bertz CT molecular complexity index is 391. The van der Waals surface area contributed by atoms with Crippen molar-refractivity contribution in [3.63, 3.8) is 0 Å². The van der Waals surface area contributed by atoms with Gasteiger partial charge in [-0.15, -0.1) is 11.8 Å². The fourth-order valence-corrected chi connectivity index (χ4v) is 2.32. The second-order valence-corrected chi connectivity index (χ2v) is 5.50. The first-order chi connectivity index (χ1) is 8.06. The van der Waals surface area contributed by atoms with Crippen LogP contribution in [0.1, 0.15) is 31.1 Å². The molecule has 3 nitrogen and oxygen atoms in total. The molecule has 1 aromatic carbocycles. The van der Waals surface area contributed by atoms with Crippen LogP contribution in [0.15, 0.2) is 23.1 Å². The summed E-state index contributed by atoms with van der Waals surface area (Å²) in [5.74, 6) is 0.486. The smallest absolute Gasteiger partial charge is 0.338 e. The fraction of sp³-hybridized carbons (Fsp3) is 0.462. The number of nitrogens with one attached hydrogen (secondary N) is 1. The van der Waals surface area contributed by atoms with Crippen LogP contribution in [0.25, 0.3) is 0 Å². The number of benzene rings is 1. The van der Waals surface area contributed by atoms with Crippen LogP contribution in [-0.4, -0.2) is 23.4 Å². The maximum absolute atomic E-state index is 11.3. The van der Waals surface area contributed by atoms with Crippen LogP contribution in [0.2, 0.25) is 0 Å². The molecule has 17 heavy (non-hydrogen) atoms. The number of thioether (sulfide) groups is 1. The molecule has 0 aromatic heterocycles. The summed E-state index contributed by atoms with van der Waals surface area (Å²) in [5, 5.41) is 12.5. The van der Waals surface area contributed by atoms with E-state index in [1.807, 2.05) is 25.1 Å². The second kappa shape index (κ2) is 6.55. The van der Waals surface area contributed by atoms with E-state index in [4.69, 9.17) is 0 Å². The van der Waals surface area contributed by atoms with Crippen molar-refractivity contribution >= 4 is 23.4 Å². The van der Waals surface area contributed by atoms with E-state index in [-0.39, 0.29) is 0 Å². The zero-order valence-electron chi connectivity index (χ0n) is 10.5. The van der Waals surface area contributed by atoms with E-state index in [1.165, 1.54) is 0 Å². The predicted octanol–water partition coefficient (Wildman–Crippen LogP) is 3.56. The Morgan fingerprint density at radius 3 is 2.71 bits per heavy atom. The lowest BCUT2D eigenvalue weighted by molar-refractivity contribution is 0.0694. The lowest BCUT2D eigenvalue weighted by atomic mass is 10.1. The van der Waals surface area contributed by atoms with Gasteiger partial charge in [-0.25, -0.2) is 4.79 Å². The van der Waals surface area contributed by atoms with Gasteiger partial charge in [-0.3, -0.25) is 0 Å². The van der Waals surface area contributed by atoms with Crippen LogP contribution >= 0.6 is 11.8 Å². The molecular formula is C13H19NO2S. The lowest BCUT2D eigenvalue weighted by Crippen LogP contribution is -2.12. The minimum atomic E-state index is -0.868. The Kier molecular flexibility index (Phi) is 5.35. The summed E-state index contributed by atoms with van der Waals surface area (Å²) in [6.45, 7) is 6.99. The van der Waals surface area contributed by atoms with Crippen molar-refractivity contribution in [1.29, 1.82) is 0 Å². The molecule has 0 unspecified atom stereocenters. The molecule has 0 aliphatic rings. The molecule has 94 valence electrons. The van der Waals surface area contributed by atoms with Gasteiger partial charge in [-0.1, -0.05) is 26.8 Å². The number of aromatic carboxylic acids is 1. The summed E-state index contributed by atoms with van der Waals surface area (Å²) < 4.78 is 0. The topological polar surface area (TPSA) is 49.3 Å². The molecule has 0 fully saturated rings. The lowest BCUT2D eigenvalue weighted by Gasteiger charge is -2.14. The van der Waals surface area contributed by atoms with Gasteiger partial charge in [0.15, 0.2) is 0 Å². The molecular weight excluding hydrogens is 234 g/mol. The summed E-state index contributed by atoms with van der Waals surface area (Å²) >= 11 is 1.56. The standard InChI is InChI=1S/C13H19NO2S/c1-4-17-11-7-5-6-10(12(11)13(15)16)14-8-9(2)3/h5-7,9,14H,4,8H2,1-3H3,(H,15,16). The van der Waals surface area contributed by atoms with Crippen LogP contribution in [0, 0.1) is 5.92 Å². The molecule has 0 saturated heterocycles. The number of rotatable bonds is 6. The average molecular weight is 253 g/mol. The van der Waals surface area contributed by atoms with Crippen molar-refractivity contribution < 1.29 is 9.90 Å². The Morgan fingerprint density at radius 1 is 1.47 bits per heavy atom. The number of carboxylic acids is 1. The predicted molar refractivity (Wildman–Crippen MR) is 73.1 cm³/mol. The van der Waals surface area contributed by atoms with Crippen LogP contribution in [0.4, 0.5) is 5.69 Å². The maximum Gasteiger partial charge on any atom is 0.338 e. The molecule has 1 rings (SSSR count). The minimum absolute atomic E-state index is 0.389. The third-order valence-corrected chi connectivity index (χ3v) is 3.18. The summed E-state index contributed by atoms with van der Waals surface area (Å²) in [6, 6.07) is 5.58. The SMILES string of the molecule is CCSc1cccc(NCC(C)C)c1C(=O)O. The van der Waals surface area contributed by atoms with Crippen LogP contribution in [0.3, 0.4) is 0 Å². The maximum atomic E-state index is 11.3. The summed E-state index contributed by atoms with van der Waals surface area (Å²) in [4.78, 5) is 12.1. The Morgan fingerprint density at radius 2 is 2.18 bits per heavy atom. The van der Waals surface area contributed by atoms with Gasteiger partial charge in [-0.05, 0) is 23.8 Å². The number of carbonyl (C=O) groups is 1. The summed E-state index contributed by atoms with van der Waals surface area (Å²) in [6.07, 6.45) is 0. The van der Waals surface area contributed by atoms with E-state index >= 15 is 0 Å². The molecule has 0 aliphatic carbocycles. The average Bonchev–Trinajstić information content (AvgIpc) is 2.26. The highest BCUT2D eigenvalue weighted by atomic mass is 32.2. The van der Waals surface area contributed by atoms with Crippen LogP contribution < -0.4 is 5.32 Å². The molecule has 0 aliphatic heterocycles. The highest BCUT2D eigenvalue weighted by Crippen LogP contribution is 2.28. The summed E-state index contributed by atoms with van der Waals surface area (Å²) in [5.41, 5.74) is 1.10. The van der Waals surface area contributed by atoms with Crippen LogP contribution in [0.5, 0.6) is 0 Å². The van der Waals surface area contributed by atoms with E-state index < -0.39 is 5.97 Å². The molecule has 0 bridgehead atoms. The number of anilines is 1. The highest BCUT2D eigenvalue weighted by Gasteiger charge is 2.15. The highest BCUT2D eigenvalue weighted by molar-refractivity contribution is 7.99. The van der Waals surface area contributed by atoms with Gasteiger partial charge < -0.3 is 10.4 Å². The molecule has 0 atom stereocenters. The monoisotopic (exact) mass is 253 g/mol. The zero-order valence-corrected chi connectivity index (χ0v) is 11.3. The Labute approximate surface area is 107 Å². The number of hydrogen-bond donors (Lipinski definition) is 2. The molecule has 0 radical (unpaired) electrons. The van der Waals surface area contributed by atoms with Gasteiger partial charge in [0.1, 0.15) is 0 Å². The third-order valence-electron chi connectivity index (χ3n) is 2.24. The Balaban J connectivity index is 3.02. The first-order valence-corrected chi connectivity index (χ1v) is 6.77. The quantitative estimate of drug-likeness (QED) is 0.761. The zero-order chi connectivity index (χ0) is 12.8. The minimum Gasteiger partial charge on any atom is -0.478 e. The Hall–Kier alpha value is -1.16. The molecule has 1 aromatic rings. The van der Waals surface area contributed by atoms with Crippen molar-refractivity contribution in [3.05, 3.63) is 23.8 Å². The molecule has 0 spiro atoms. The van der Waals surface area contributed by atoms with Gasteiger partial charge >= 0.3 is 5.97 Å². The van der Waals surface area contributed by atoms with Gasteiger partial charge in [0.05, 0.1) is 5.56 Å². The number of hydrogen-bond acceptors (Lipinski definition) is 3. The van der Waals surface area contributed by atoms with Crippen LogP contribution in [-0.2, 0) is 0 Å². The van der Waals surface area contributed by atoms with Gasteiger partial charge in [0.25, 0.3) is 0 Å². The molecule has 0 amide bonds. The van der Waals surface area contributed by atoms with E-state index in [0.29, 0.717) is 17.2 Å². The van der Waals surface area contributed by atoms with Crippen molar-refractivity contribution in [2.45, 2.75) is 25.7 Å². The first-order valence-electron chi connectivity index (χ1n) is 5.79. The van der Waals surface area contributed by atoms with Crippen molar-refractivity contribution in [3.8, 4) is 0 Å². The van der Waals surface area contributed by atoms with E-state index in [9.17, 15) is 9.90 Å². The van der Waals surface area contributed by atoms with Gasteiger partial charge in [0.2, 0.25) is 0 Å². The normalized spacial score (nSPS) is 10.6. The molecule has 0 saturated carbocycles. The van der Waals surface area contributed by atoms with Gasteiger partial charge in [0, 0.05) is 17.1 Å². The number of carboxylic acid groups (broad SMARTS) is 1. The van der Waals surface area contributed by atoms with E-state index in [2.05, 4.69) is 19.2 Å². The van der Waals surface area contributed by atoms with Crippen molar-refractivity contribution in [2.24, 2.45) is 5.92 Å². The molecule has 4 heteroatoms. The second-order valence-electron chi connectivity index (χ2n) is 4.19. The third kappa shape index (κ3) is 3.97. The van der Waals surface area contributed by atoms with Crippen molar-refractivity contribution in [1.82, 2.24) is 0 Å². The summed E-state index contributed by atoms with van der Waals surface area (Å²) in [7, 11) is 0. The fourth-order valence-electron chi connectivity index (χ4n) is 1.49. The van der Waals surface area contributed by atoms with E-state index in [1.54, 1.807) is 11.8 Å². The van der Waals surface area contributed by atoms with Gasteiger partial charge in [-0.2, -0.15) is 0 Å². The molecule has 2 N–H and O–H groups in total. The molecule has 0 heterocycles.